The van der Waals surface area contributed by atoms with E-state index in [0.717, 1.165) is 32.6 Å². The maximum absolute atomic E-state index is 12.3. The number of anilines is 1. The number of nitrogens with one attached hydrogen (secondary N) is 3. The fraction of sp³-hybridized carbons (Fsp3) is 0.667. The fourth-order valence-corrected chi connectivity index (χ4v) is 3.84. The van der Waals surface area contributed by atoms with Gasteiger partial charge < -0.3 is 10.2 Å². The summed E-state index contributed by atoms with van der Waals surface area (Å²) in [6.45, 7) is 6.94. The first-order valence-electron chi connectivity index (χ1n) is 9.07. The molecule has 3 N–H and O–H groups in total. The van der Waals surface area contributed by atoms with Crippen LogP contribution in [0.1, 0.15) is 32.6 Å². The molecular weight excluding hydrogens is 288 g/mol. The summed E-state index contributed by atoms with van der Waals surface area (Å²) < 4.78 is 0. The molecule has 1 saturated carbocycles. The van der Waals surface area contributed by atoms with E-state index in [1.165, 1.54) is 30.0 Å². The van der Waals surface area contributed by atoms with Crippen molar-refractivity contribution >= 4 is 11.7 Å². The van der Waals surface area contributed by atoms with Gasteiger partial charge in [-0.25, -0.2) is 4.98 Å². The summed E-state index contributed by atoms with van der Waals surface area (Å²) in [7, 11) is 0. The van der Waals surface area contributed by atoms with Gasteiger partial charge in [-0.2, -0.15) is 0 Å². The Labute approximate surface area is 139 Å². The lowest BCUT2D eigenvalue weighted by atomic mass is 9.86. The number of amides is 1. The molecule has 0 aromatic carbocycles. The van der Waals surface area contributed by atoms with Crippen LogP contribution in [0.25, 0.3) is 0 Å². The summed E-state index contributed by atoms with van der Waals surface area (Å²) in [5, 5.41) is 3.28. The smallest absolute Gasteiger partial charge is 0.275 e. The lowest BCUT2D eigenvalue weighted by molar-refractivity contribution is -0.892. The van der Waals surface area contributed by atoms with Crippen LogP contribution < -0.4 is 20.1 Å². The molecule has 1 aromatic rings. The summed E-state index contributed by atoms with van der Waals surface area (Å²) in [5.41, 5.74) is 0. The largest absolute Gasteiger partial charge is 0.348 e. The van der Waals surface area contributed by atoms with Crippen LogP contribution in [0.15, 0.2) is 24.4 Å². The second kappa shape index (κ2) is 7.77. The van der Waals surface area contributed by atoms with Crippen molar-refractivity contribution in [1.82, 2.24) is 5.32 Å². The monoisotopic (exact) mass is 318 g/mol. The number of carbonyl (C=O) groups excluding carboxylic acids is 1. The van der Waals surface area contributed by atoms with Crippen LogP contribution in [0, 0.1) is 5.92 Å². The number of piperazine rings is 1. The molecule has 0 unspecified atom stereocenters. The van der Waals surface area contributed by atoms with E-state index < -0.39 is 0 Å². The molecule has 2 heterocycles. The minimum atomic E-state index is 0.235. The van der Waals surface area contributed by atoms with Crippen molar-refractivity contribution in [3.63, 3.8) is 0 Å². The van der Waals surface area contributed by atoms with Gasteiger partial charge in [0.15, 0.2) is 6.54 Å². The van der Waals surface area contributed by atoms with Gasteiger partial charge in [0.2, 0.25) is 0 Å². The van der Waals surface area contributed by atoms with Crippen LogP contribution in [0.4, 0.5) is 5.82 Å². The predicted molar refractivity (Wildman–Crippen MR) is 90.3 cm³/mol. The molecule has 5 heteroatoms. The first kappa shape index (κ1) is 16.2. The SMILES string of the molecule is C[C@@H]1CCCC[C@H]1NC(=O)C[NH+]1CCN(c2cccc[nH+]2)CC1. The molecule has 5 nitrogen and oxygen atoms in total. The predicted octanol–water partition coefficient (Wildman–Crippen LogP) is -0.0995. The molecule has 1 aliphatic heterocycles. The van der Waals surface area contributed by atoms with Crippen LogP contribution >= 0.6 is 0 Å². The third kappa shape index (κ3) is 4.44. The van der Waals surface area contributed by atoms with E-state index in [4.69, 9.17) is 0 Å². The number of aromatic nitrogens is 1. The van der Waals surface area contributed by atoms with Crippen molar-refractivity contribution in [1.29, 1.82) is 0 Å². The van der Waals surface area contributed by atoms with E-state index >= 15 is 0 Å². The quantitative estimate of drug-likeness (QED) is 0.815. The fourth-order valence-electron chi connectivity index (χ4n) is 3.84. The topological polar surface area (TPSA) is 50.9 Å². The van der Waals surface area contributed by atoms with Crippen molar-refractivity contribution < 1.29 is 14.7 Å². The number of pyridine rings is 1. The van der Waals surface area contributed by atoms with E-state index in [1.807, 2.05) is 12.3 Å². The number of quaternary nitrogens is 1. The highest BCUT2D eigenvalue weighted by molar-refractivity contribution is 5.77. The van der Waals surface area contributed by atoms with Gasteiger partial charge in [-0.1, -0.05) is 25.8 Å². The Morgan fingerprint density at radius 3 is 2.78 bits per heavy atom. The highest BCUT2D eigenvalue weighted by Crippen LogP contribution is 2.23. The molecule has 2 fully saturated rings. The Kier molecular flexibility index (Phi) is 5.49. The van der Waals surface area contributed by atoms with E-state index in [1.54, 1.807) is 0 Å². The van der Waals surface area contributed by atoms with Gasteiger partial charge in [0.05, 0.1) is 6.20 Å². The average Bonchev–Trinajstić information content (AvgIpc) is 2.58. The Bertz CT molecular complexity index is 499. The zero-order chi connectivity index (χ0) is 16.1. The minimum Gasteiger partial charge on any atom is -0.348 e. The number of rotatable bonds is 4. The lowest BCUT2D eigenvalue weighted by Gasteiger charge is -2.31. The van der Waals surface area contributed by atoms with Crippen LogP contribution in [0.5, 0.6) is 0 Å². The number of hydrogen-bond acceptors (Lipinski definition) is 2. The van der Waals surface area contributed by atoms with E-state index in [2.05, 4.69) is 34.3 Å². The molecule has 1 aromatic heterocycles. The summed E-state index contributed by atoms with van der Waals surface area (Å²) >= 11 is 0. The molecule has 0 radical (unpaired) electrons. The van der Waals surface area contributed by atoms with E-state index in [9.17, 15) is 4.79 Å². The summed E-state index contributed by atoms with van der Waals surface area (Å²) in [4.78, 5) is 19.4. The Morgan fingerprint density at radius 1 is 1.30 bits per heavy atom. The summed E-state index contributed by atoms with van der Waals surface area (Å²) in [6, 6.07) is 6.57. The molecule has 126 valence electrons. The zero-order valence-corrected chi connectivity index (χ0v) is 14.2. The highest BCUT2D eigenvalue weighted by Gasteiger charge is 2.29. The van der Waals surface area contributed by atoms with E-state index in [0.29, 0.717) is 18.5 Å². The van der Waals surface area contributed by atoms with Gasteiger partial charge in [0.25, 0.3) is 11.7 Å². The summed E-state index contributed by atoms with van der Waals surface area (Å²) in [5.74, 6) is 2.04. The van der Waals surface area contributed by atoms with Crippen molar-refractivity contribution in [3.05, 3.63) is 24.4 Å². The van der Waals surface area contributed by atoms with Crippen molar-refractivity contribution in [2.75, 3.05) is 37.6 Å². The van der Waals surface area contributed by atoms with Gasteiger partial charge in [-0.15, -0.1) is 0 Å². The number of hydrogen-bond donors (Lipinski definition) is 2. The lowest BCUT2D eigenvalue weighted by Crippen LogP contribution is -3.16. The molecule has 23 heavy (non-hydrogen) atoms. The maximum Gasteiger partial charge on any atom is 0.275 e. The van der Waals surface area contributed by atoms with Crippen molar-refractivity contribution in [2.45, 2.75) is 38.6 Å². The number of carbonyl (C=O) groups is 1. The minimum absolute atomic E-state index is 0.235. The Hall–Kier alpha value is -1.62. The van der Waals surface area contributed by atoms with Crippen molar-refractivity contribution in [3.8, 4) is 0 Å². The van der Waals surface area contributed by atoms with Gasteiger partial charge >= 0.3 is 0 Å². The van der Waals surface area contributed by atoms with Gasteiger partial charge in [0, 0.05) is 12.1 Å². The molecular formula is C18H30N4O+2. The second-order valence-corrected chi connectivity index (χ2v) is 7.10. The molecule has 3 rings (SSSR count). The maximum atomic E-state index is 12.3. The Morgan fingerprint density at radius 2 is 2.09 bits per heavy atom. The van der Waals surface area contributed by atoms with Crippen molar-refractivity contribution in [2.24, 2.45) is 5.92 Å². The first-order chi connectivity index (χ1) is 11.2. The molecule has 1 aliphatic carbocycles. The normalized spacial score (nSPS) is 26.0. The molecule has 0 spiro atoms. The first-order valence-corrected chi connectivity index (χ1v) is 9.07. The second-order valence-electron chi connectivity index (χ2n) is 7.10. The van der Waals surface area contributed by atoms with E-state index in [-0.39, 0.29) is 5.91 Å². The third-order valence-corrected chi connectivity index (χ3v) is 5.37. The van der Waals surface area contributed by atoms with Gasteiger partial charge in [-0.05, 0) is 24.8 Å². The number of aromatic amines is 1. The molecule has 1 amide bonds. The van der Waals surface area contributed by atoms with Crippen LogP contribution in [0.3, 0.4) is 0 Å². The standard InChI is InChI=1S/C18H28N4O/c1-15-6-2-3-7-16(15)20-18(23)14-21-10-12-22(13-11-21)17-8-4-5-9-19-17/h4-5,8-9,15-16H,2-3,6-7,10-14H2,1H3,(H,20,23)/p+2/t15-,16-/m1/s1. The van der Waals surface area contributed by atoms with Crippen LogP contribution in [0.2, 0.25) is 0 Å². The average molecular weight is 318 g/mol. The Balaban J connectivity index is 1.42. The third-order valence-electron chi connectivity index (χ3n) is 5.37. The van der Waals surface area contributed by atoms with Gasteiger partial charge in [0.1, 0.15) is 26.2 Å². The van der Waals surface area contributed by atoms with Crippen LogP contribution in [-0.4, -0.2) is 44.7 Å². The zero-order valence-electron chi connectivity index (χ0n) is 14.2. The number of nitrogens with zero attached hydrogens (tertiary/aromatic N) is 1. The number of H-pyrrole nitrogens is 1. The molecule has 0 bridgehead atoms. The summed E-state index contributed by atoms with van der Waals surface area (Å²) in [6.07, 6.45) is 6.95. The molecule has 2 atom stereocenters. The molecule has 2 aliphatic rings. The molecule has 1 saturated heterocycles. The van der Waals surface area contributed by atoms with Crippen LogP contribution in [-0.2, 0) is 4.79 Å². The van der Waals surface area contributed by atoms with Gasteiger partial charge in [-0.3, -0.25) is 9.69 Å². The highest BCUT2D eigenvalue weighted by atomic mass is 16.2.